The van der Waals surface area contributed by atoms with Crippen LogP contribution in [-0.2, 0) is 25.4 Å². The summed E-state index contributed by atoms with van der Waals surface area (Å²) in [7, 11) is 6.99. The Hall–Kier alpha value is 0.884. The average Bonchev–Trinajstić information content (AvgIpc) is 2.20. The van der Waals surface area contributed by atoms with E-state index in [0.717, 1.165) is 12.8 Å². The number of halogens is 1. The third-order valence-electron chi connectivity index (χ3n) is 2.81. The van der Waals surface area contributed by atoms with Crippen LogP contribution in [0.1, 0.15) is 74.1 Å². The van der Waals surface area contributed by atoms with Crippen molar-refractivity contribution in [1.29, 1.82) is 0 Å². The van der Waals surface area contributed by atoms with Crippen LogP contribution in [0.5, 0.6) is 0 Å². The predicted octanol–water partition coefficient (Wildman–Crippen LogP) is 5.85. The number of hydrogen-bond donors (Lipinski definition) is 0. The molecule has 0 aromatic rings. The van der Waals surface area contributed by atoms with Gasteiger partial charge in [-0.15, -0.1) is 0 Å². The van der Waals surface area contributed by atoms with Crippen molar-refractivity contribution in [1.82, 2.24) is 0 Å². The van der Waals surface area contributed by atoms with E-state index in [1.807, 2.05) is 41.5 Å². The Morgan fingerprint density at radius 2 is 1.15 bits per heavy atom. The molecule has 0 heterocycles. The molecule has 0 amide bonds. The molecule has 123 valence electrons. The Labute approximate surface area is 131 Å². The molecule has 0 atom stereocenters. The summed E-state index contributed by atoms with van der Waals surface area (Å²) in [5.74, 6) is 0. The monoisotopic (exact) mass is 345 g/mol. The molecule has 0 radical (unpaired) electrons. The Morgan fingerprint density at radius 1 is 0.750 bits per heavy atom. The number of rotatable bonds is 11. The molecule has 0 aromatic carbocycles. The molecule has 0 aromatic heterocycles. The maximum atomic E-state index is 6.99. The van der Waals surface area contributed by atoms with E-state index < -0.39 is 15.4 Å². The van der Waals surface area contributed by atoms with Gasteiger partial charge in [0.05, 0.1) is 0 Å². The Balaban J connectivity index is 5.08. The first-order chi connectivity index (χ1) is 9.11. The zero-order chi connectivity index (χ0) is 15.8. The normalized spacial score (nSPS) is 15.1. The third-order valence-corrected chi connectivity index (χ3v) is 10.8. The van der Waals surface area contributed by atoms with Crippen molar-refractivity contribution in [2.75, 3.05) is 0 Å². The van der Waals surface area contributed by atoms with Gasteiger partial charge in [-0.2, -0.15) is 0 Å². The van der Waals surface area contributed by atoms with E-state index in [1.54, 1.807) is 0 Å². The van der Waals surface area contributed by atoms with Gasteiger partial charge in [0, 0.05) is 0 Å². The van der Waals surface area contributed by atoms with Crippen LogP contribution >= 0.6 is 9.30 Å². The van der Waals surface area contributed by atoms with Crippen molar-refractivity contribution in [3.63, 3.8) is 0 Å². The summed E-state index contributed by atoms with van der Waals surface area (Å²) >= 11 is -4.34. The fourth-order valence-electron chi connectivity index (χ4n) is 2.44. The molecule has 5 heteroatoms. The van der Waals surface area contributed by atoms with Gasteiger partial charge in [-0.05, 0) is 0 Å². The first-order valence-corrected chi connectivity index (χ1v) is 13.2. The number of hydrogen-bond acceptors (Lipinski definition) is 3. The van der Waals surface area contributed by atoms with Crippen LogP contribution in [0.15, 0.2) is 0 Å². The van der Waals surface area contributed by atoms with Crippen LogP contribution in [0.2, 0.25) is 4.73 Å². The molecule has 0 saturated carbocycles. The molecule has 0 aliphatic heterocycles. The molecule has 3 nitrogen and oxygen atoms in total. The van der Waals surface area contributed by atoms with E-state index in [4.69, 9.17) is 19.3 Å². The van der Waals surface area contributed by atoms with Gasteiger partial charge in [0.1, 0.15) is 0 Å². The maximum absolute atomic E-state index is 6.99. The van der Waals surface area contributed by atoms with Gasteiger partial charge in [0.2, 0.25) is 0 Å². The van der Waals surface area contributed by atoms with E-state index in [-0.39, 0.29) is 18.3 Å². The van der Waals surface area contributed by atoms with Gasteiger partial charge < -0.3 is 0 Å². The summed E-state index contributed by atoms with van der Waals surface area (Å²) < 4.78 is 19.1. The van der Waals surface area contributed by atoms with E-state index in [0.29, 0.717) is 4.73 Å². The zero-order valence-electron chi connectivity index (χ0n) is 14.4. The van der Waals surface area contributed by atoms with Gasteiger partial charge in [-0.25, -0.2) is 0 Å². The van der Waals surface area contributed by atoms with Crippen molar-refractivity contribution in [2.45, 2.75) is 97.2 Å². The quantitative estimate of drug-likeness (QED) is 0.347. The molecule has 0 aliphatic carbocycles. The molecular formula is C15H34ClO3Ti. The third kappa shape index (κ3) is 8.36. The average molecular weight is 346 g/mol. The molecule has 0 unspecified atom stereocenters. The molecule has 20 heavy (non-hydrogen) atoms. The molecule has 0 bridgehead atoms. The second-order valence-corrected chi connectivity index (χ2v) is 14.5. The second kappa shape index (κ2) is 9.12. The molecule has 0 aliphatic rings. The first-order valence-electron chi connectivity index (χ1n) is 8.03. The van der Waals surface area contributed by atoms with E-state index >= 15 is 0 Å². The van der Waals surface area contributed by atoms with Crippen LogP contribution < -0.4 is 0 Å². The second-order valence-electron chi connectivity index (χ2n) is 6.36. The summed E-state index contributed by atoms with van der Waals surface area (Å²) in [5.41, 5.74) is 0. The summed E-state index contributed by atoms with van der Waals surface area (Å²) in [6.45, 7) is 14.1. The van der Waals surface area contributed by atoms with E-state index in [1.165, 1.54) is 12.8 Å². The zero-order valence-corrected chi connectivity index (χ0v) is 16.7. The van der Waals surface area contributed by atoms with Crippen LogP contribution in [0.25, 0.3) is 0 Å². The van der Waals surface area contributed by atoms with Crippen LogP contribution in [0, 0.1) is 0 Å². The molecule has 0 spiro atoms. The van der Waals surface area contributed by atoms with Gasteiger partial charge in [0.15, 0.2) is 0 Å². The molecule has 0 rings (SSSR count). The van der Waals surface area contributed by atoms with Crippen molar-refractivity contribution in [3.05, 3.63) is 0 Å². The van der Waals surface area contributed by atoms with Gasteiger partial charge in [-0.1, -0.05) is 0 Å². The SMILES string of the molecule is CCCCC[CH2][Ti]([Cl])([O]C(C)C)([O]C(C)C)[O]C(C)C. The van der Waals surface area contributed by atoms with Crippen molar-refractivity contribution in [2.24, 2.45) is 0 Å². The van der Waals surface area contributed by atoms with Crippen molar-refractivity contribution >= 4 is 9.30 Å². The van der Waals surface area contributed by atoms with Crippen molar-refractivity contribution < 1.29 is 25.4 Å². The topological polar surface area (TPSA) is 27.7 Å². The van der Waals surface area contributed by atoms with Gasteiger partial charge in [0.25, 0.3) is 0 Å². The standard InChI is InChI=1S/C6H13.3C3H7O.ClH.Ti/c1-3-5-6-4-2;3*1-3(2)4;;/h1,3-6H2,2H3;3*3H,1-2H3;1H;/q;3*-1;;+4/p-1. The minimum atomic E-state index is -4.34. The Bertz CT molecular complexity index is 241. The summed E-state index contributed by atoms with van der Waals surface area (Å²) in [4.78, 5) is 0. The Kier molecular flexibility index (Phi) is 9.52. The summed E-state index contributed by atoms with van der Waals surface area (Å²) in [6.07, 6.45) is 4.58. The van der Waals surface area contributed by atoms with Crippen molar-refractivity contribution in [3.8, 4) is 0 Å². The van der Waals surface area contributed by atoms with Gasteiger partial charge >= 0.3 is 132 Å². The van der Waals surface area contributed by atoms with Gasteiger partial charge in [-0.3, -0.25) is 0 Å². The fraction of sp³-hybridized carbons (Fsp3) is 1.00. The van der Waals surface area contributed by atoms with E-state index in [2.05, 4.69) is 6.92 Å². The summed E-state index contributed by atoms with van der Waals surface area (Å²) in [5, 5.41) is 0. The molecule has 0 N–H and O–H groups in total. The van der Waals surface area contributed by atoms with Crippen LogP contribution in [-0.4, -0.2) is 18.3 Å². The predicted molar refractivity (Wildman–Crippen MR) is 83.5 cm³/mol. The van der Waals surface area contributed by atoms with E-state index in [9.17, 15) is 0 Å². The first kappa shape index (κ1) is 20.9. The minimum absolute atomic E-state index is 0.00757. The fourth-order valence-corrected chi connectivity index (χ4v) is 11.5. The van der Waals surface area contributed by atoms with Crippen LogP contribution in [0.4, 0.5) is 0 Å². The number of unbranched alkanes of at least 4 members (excludes halogenated alkanes) is 3. The molecular weight excluding hydrogens is 311 g/mol. The molecule has 0 fully saturated rings. The van der Waals surface area contributed by atoms with Crippen LogP contribution in [0.3, 0.4) is 0 Å². The molecule has 0 saturated heterocycles. The summed E-state index contributed by atoms with van der Waals surface area (Å²) in [6, 6.07) is 0. The Morgan fingerprint density at radius 3 is 1.45 bits per heavy atom.